The number of hydrogen-bond acceptors (Lipinski definition) is 5. The quantitative estimate of drug-likeness (QED) is 0.797. The lowest BCUT2D eigenvalue weighted by atomic mass is 10.2. The van der Waals surface area contributed by atoms with Crippen LogP contribution in [0.2, 0.25) is 0 Å². The van der Waals surface area contributed by atoms with E-state index in [9.17, 15) is 13.6 Å². The van der Waals surface area contributed by atoms with Crippen LogP contribution in [0.4, 0.5) is 14.6 Å². The summed E-state index contributed by atoms with van der Waals surface area (Å²) in [6.07, 6.45) is 4.02. The first kappa shape index (κ1) is 13.9. The van der Waals surface area contributed by atoms with Crippen LogP contribution in [0.15, 0.2) is 42.9 Å². The predicted octanol–water partition coefficient (Wildman–Crippen LogP) is 1.98. The zero-order valence-corrected chi connectivity index (χ0v) is 11.0. The number of anilines is 1. The maximum Gasteiger partial charge on any atom is 0.387 e. The van der Waals surface area contributed by atoms with Crippen LogP contribution in [0, 0.1) is 0 Å². The SMILES string of the molecule is O=C(Nc1ccc(OC(F)F)cn1)c1cnn2ncccc12. The smallest absolute Gasteiger partial charge is 0.387 e. The Balaban J connectivity index is 1.76. The Bertz CT molecular complexity index is 804. The van der Waals surface area contributed by atoms with Crippen molar-refractivity contribution in [1.29, 1.82) is 0 Å². The zero-order chi connectivity index (χ0) is 15.5. The average Bonchev–Trinajstić information content (AvgIpc) is 2.93. The second kappa shape index (κ2) is 5.72. The fraction of sp³-hybridized carbons (Fsp3) is 0.0769. The maximum atomic E-state index is 12.2. The summed E-state index contributed by atoms with van der Waals surface area (Å²) >= 11 is 0. The van der Waals surface area contributed by atoms with Gasteiger partial charge in [-0.05, 0) is 24.3 Å². The number of hydrogen-bond donors (Lipinski definition) is 1. The van der Waals surface area contributed by atoms with E-state index in [-0.39, 0.29) is 11.6 Å². The highest BCUT2D eigenvalue weighted by molar-refractivity contribution is 6.08. The van der Waals surface area contributed by atoms with E-state index >= 15 is 0 Å². The molecule has 3 heterocycles. The molecule has 3 aromatic rings. The van der Waals surface area contributed by atoms with Crippen molar-refractivity contribution >= 4 is 17.2 Å². The first-order chi connectivity index (χ1) is 10.6. The Hall–Kier alpha value is -3.10. The summed E-state index contributed by atoms with van der Waals surface area (Å²) in [4.78, 5) is 16.0. The molecular formula is C13H9F2N5O2. The van der Waals surface area contributed by atoms with Gasteiger partial charge in [-0.15, -0.1) is 0 Å². The van der Waals surface area contributed by atoms with E-state index in [1.54, 1.807) is 18.3 Å². The van der Waals surface area contributed by atoms with Gasteiger partial charge in [0.15, 0.2) is 0 Å². The van der Waals surface area contributed by atoms with Gasteiger partial charge >= 0.3 is 6.61 Å². The third kappa shape index (κ3) is 2.82. The van der Waals surface area contributed by atoms with E-state index < -0.39 is 12.5 Å². The lowest BCUT2D eigenvalue weighted by molar-refractivity contribution is -0.0500. The number of rotatable bonds is 4. The second-order valence-electron chi connectivity index (χ2n) is 4.17. The van der Waals surface area contributed by atoms with E-state index in [1.165, 1.54) is 23.0 Å². The van der Waals surface area contributed by atoms with Gasteiger partial charge in [-0.2, -0.15) is 23.6 Å². The van der Waals surface area contributed by atoms with Crippen LogP contribution in [-0.2, 0) is 0 Å². The molecule has 1 amide bonds. The average molecular weight is 305 g/mol. The van der Waals surface area contributed by atoms with Gasteiger partial charge in [-0.25, -0.2) is 4.98 Å². The van der Waals surface area contributed by atoms with E-state index in [4.69, 9.17) is 0 Å². The van der Waals surface area contributed by atoms with E-state index in [0.29, 0.717) is 11.1 Å². The molecule has 112 valence electrons. The fourth-order valence-corrected chi connectivity index (χ4v) is 1.82. The molecule has 0 saturated heterocycles. The summed E-state index contributed by atoms with van der Waals surface area (Å²) in [7, 11) is 0. The molecule has 3 aromatic heterocycles. The highest BCUT2D eigenvalue weighted by Gasteiger charge is 2.14. The molecule has 7 nitrogen and oxygen atoms in total. The summed E-state index contributed by atoms with van der Waals surface area (Å²) < 4.78 is 29.6. The van der Waals surface area contributed by atoms with Crippen molar-refractivity contribution in [2.75, 3.05) is 5.32 Å². The Labute approximate surface area is 122 Å². The Kier molecular flexibility index (Phi) is 3.60. The third-order valence-corrected chi connectivity index (χ3v) is 2.75. The van der Waals surface area contributed by atoms with Gasteiger partial charge in [-0.1, -0.05) is 0 Å². The van der Waals surface area contributed by atoms with Crippen LogP contribution in [-0.4, -0.2) is 32.3 Å². The number of alkyl halides is 2. The molecule has 0 spiro atoms. The van der Waals surface area contributed by atoms with E-state index in [2.05, 4.69) is 25.2 Å². The van der Waals surface area contributed by atoms with Crippen LogP contribution in [0.3, 0.4) is 0 Å². The molecule has 0 bridgehead atoms. The molecule has 0 aliphatic heterocycles. The molecule has 0 radical (unpaired) electrons. The second-order valence-corrected chi connectivity index (χ2v) is 4.17. The van der Waals surface area contributed by atoms with Crippen molar-refractivity contribution in [3.05, 3.63) is 48.4 Å². The number of pyridine rings is 1. The minimum Gasteiger partial charge on any atom is -0.433 e. The topological polar surface area (TPSA) is 81.4 Å². The number of ether oxygens (including phenoxy) is 1. The molecule has 1 N–H and O–H groups in total. The minimum absolute atomic E-state index is 0.0896. The van der Waals surface area contributed by atoms with Crippen LogP contribution >= 0.6 is 0 Å². The molecule has 0 saturated carbocycles. The summed E-state index contributed by atoms with van der Waals surface area (Å²) in [5.41, 5.74) is 0.862. The van der Waals surface area contributed by atoms with Crippen molar-refractivity contribution in [3.63, 3.8) is 0 Å². The maximum absolute atomic E-state index is 12.2. The number of halogens is 2. The normalized spacial score (nSPS) is 10.9. The molecule has 9 heteroatoms. The number of carbonyl (C=O) groups excluding carboxylic acids is 1. The van der Waals surface area contributed by atoms with Crippen molar-refractivity contribution in [3.8, 4) is 5.75 Å². The highest BCUT2D eigenvalue weighted by atomic mass is 19.3. The molecule has 0 aliphatic carbocycles. The first-order valence-electron chi connectivity index (χ1n) is 6.15. The number of nitrogens with zero attached hydrogens (tertiary/aromatic N) is 4. The van der Waals surface area contributed by atoms with Crippen molar-refractivity contribution in [2.45, 2.75) is 6.61 Å². The standard InChI is InChI=1S/C13H9F2N5O2/c14-13(15)22-8-3-4-11(16-6-8)19-12(21)9-7-18-20-10(9)2-1-5-17-20/h1-7,13H,(H,16,19,21). The number of carbonyl (C=O) groups is 1. The van der Waals surface area contributed by atoms with Crippen LogP contribution < -0.4 is 10.1 Å². The number of fused-ring (bicyclic) bond motifs is 1. The van der Waals surface area contributed by atoms with E-state index in [0.717, 1.165) is 6.20 Å². The molecule has 0 unspecified atom stereocenters. The molecule has 0 fully saturated rings. The summed E-state index contributed by atoms with van der Waals surface area (Å²) in [6.45, 7) is -2.92. The van der Waals surface area contributed by atoms with Gasteiger partial charge in [0.2, 0.25) is 0 Å². The molecule has 0 atom stereocenters. The van der Waals surface area contributed by atoms with Gasteiger partial charge < -0.3 is 10.1 Å². The lowest BCUT2D eigenvalue weighted by Crippen LogP contribution is -2.13. The van der Waals surface area contributed by atoms with Crippen molar-refractivity contribution < 1.29 is 18.3 Å². The van der Waals surface area contributed by atoms with E-state index in [1.807, 2.05) is 0 Å². The van der Waals surface area contributed by atoms with Gasteiger partial charge in [0, 0.05) is 6.20 Å². The number of amides is 1. The van der Waals surface area contributed by atoms with Gasteiger partial charge in [0.1, 0.15) is 17.1 Å². The minimum atomic E-state index is -2.92. The molecular weight excluding hydrogens is 296 g/mol. The molecule has 0 aromatic carbocycles. The predicted molar refractivity (Wildman–Crippen MR) is 71.8 cm³/mol. The molecule has 0 aliphatic rings. The molecule has 3 rings (SSSR count). The number of aromatic nitrogens is 4. The highest BCUT2D eigenvalue weighted by Crippen LogP contribution is 2.16. The third-order valence-electron chi connectivity index (χ3n) is 2.75. The van der Waals surface area contributed by atoms with Gasteiger partial charge in [0.05, 0.1) is 18.0 Å². The Morgan fingerprint density at radius 1 is 1.23 bits per heavy atom. The Morgan fingerprint density at radius 3 is 2.82 bits per heavy atom. The van der Waals surface area contributed by atoms with Crippen LogP contribution in [0.25, 0.3) is 5.52 Å². The van der Waals surface area contributed by atoms with Gasteiger partial charge in [-0.3, -0.25) is 4.79 Å². The van der Waals surface area contributed by atoms with Crippen LogP contribution in [0.5, 0.6) is 5.75 Å². The number of nitrogens with one attached hydrogen (secondary N) is 1. The lowest BCUT2D eigenvalue weighted by Gasteiger charge is -2.06. The zero-order valence-electron chi connectivity index (χ0n) is 11.0. The summed E-state index contributed by atoms with van der Waals surface area (Å²) in [5.74, 6) is -0.318. The fourth-order valence-electron chi connectivity index (χ4n) is 1.82. The summed E-state index contributed by atoms with van der Waals surface area (Å²) in [6, 6.07) is 6.02. The summed E-state index contributed by atoms with van der Waals surface area (Å²) in [5, 5.41) is 10.4. The van der Waals surface area contributed by atoms with Crippen LogP contribution in [0.1, 0.15) is 10.4 Å². The first-order valence-corrected chi connectivity index (χ1v) is 6.15. The Morgan fingerprint density at radius 2 is 2.09 bits per heavy atom. The largest absolute Gasteiger partial charge is 0.433 e. The van der Waals surface area contributed by atoms with Crippen molar-refractivity contribution in [2.24, 2.45) is 0 Å². The van der Waals surface area contributed by atoms with Gasteiger partial charge in [0.25, 0.3) is 5.91 Å². The monoisotopic (exact) mass is 305 g/mol. The van der Waals surface area contributed by atoms with Crippen molar-refractivity contribution in [1.82, 2.24) is 19.8 Å². The molecule has 22 heavy (non-hydrogen) atoms.